The summed E-state index contributed by atoms with van der Waals surface area (Å²) in [5.41, 5.74) is 7.87. The zero-order chi connectivity index (χ0) is 29.0. The molecule has 6 rings (SSSR count). The Kier molecular flexibility index (Phi) is 9.82. The van der Waals surface area contributed by atoms with Gasteiger partial charge in [-0.3, -0.25) is 0 Å². The van der Waals surface area contributed by atoms with E-state index in [2.05, 4.69) is 170 Å². The number of nitrogens with zero attached hydrogens (tertiary/aromatic N) is 2. The number of hydrogen-bond acceptors (Lipinski definition) is 1. The third-order valence-corrected chi connectivity index (χ3v) is 10.3. The minimum Gasteiger partial charge on any atom is -0.326 e. The van der Waals surface area contributed by atoms with Gasteiger partial charge in [0.05, 0.1) is 21.0 Å². The molecule has 6 aromatic rings. The summed E-state index contributed by atoms with van der Waals surface area (Å²) in [6.45, 7) is 2.22. The highest BCUT2D eigenvalue weighted by atomic mass is 28.2. The molecule has 0 unspecified atom stereocenters. The normalized spacial score (nSPS) is 11.1. The molecule has 5 aromatic carbocycles. The first-order valence-electron chi connectivity index (χ1n) is 14.7. The topological polar surface area (TPSA) is 17.8 Å². The zero-order valence-corrected chi connectivity index (χ0v) is 25.9. The number of aromatic nitrogens is 2. The van der Waals surface area contributed by atoms with Gasteiger partial charge >= 0.3 is 0 Å². The van der Waals surface area contributed by atoms with E-state index in [4.69, 9.17) is 0 Å². The predicted molar refractivity (Wildman–Crippen MR) is 184 cm³/mol. The van der Waals surface area contributed by atoms with E-state index in [9.17, 15) is 0 Å². The van der Waals surface area contributed by atoms with Crippen LogP contribution in [0.2, 0.25) is 0 Å². The molecule has 0 spiro atoms. The number of rotatable bonds is 8. The van der Waals surface area contributed by atoms with E-state index in [-0.39, 0.29) is 5.16 Å². The van der Waals surface area contributed by atoms with Crippen LogP contribution < -0.4 is 5.19 Å². The van der Waals surface area contributed by atoms with Crippen molar-refractivity contribution in [1.29, 1.82) is 0 Å². The van der Waals surface area contributed by atoms with Crippen LogP contribution in [0.3, 0.4) is 0 Å². The van der Waals surface area contributed by atoms with E-state index in [0.29, 0.717) is 0 Å². The molecule has 0 aliphatic rings. The molecule has 0 aliphatic carbocycles. The number of imidazole rings is 1. The fourth-order valence-corrected chi connectivity index (χ4v) is 8.12. The van der Waals surface area contributed by atoms with Crippen LogP contribution in [0.4, 0.5) is 0 Å². The van der Waals surface area contributed by atoms with Gasteiger partial charge in [-0.05, 0) is 39.8 Å². The van der Waals surface area contributed by atoms with Crippen molar-refractivity contribution >= 4 is 28.1 Å². The summed E-state index contributed by atoms with van der Waals surface area (Å²) >= 11 is 0. The highest BCUT2D eigenvalue weighted by molar-refractivity contribution is 6.57. The minimum atomic E-state index is -0.778. The van der Waals surface area contributed by atoms with Gasteiger partial charge in [-0.1, -0.05) is 158 Å². The fraction of sp³-hybridized carbons (Fsp3) is 0.0789. The summed E-state index contributed by atoms with van der Waals surface area (Å²) in [6.07, 6.45) is 7.03. The van der Waals surface area contributed by atoms with Gasteiger partial charge < -0.3 is 4.57 Å². The summed E-state index contributed by atoms with van der Waals surface area (Å²) in [5, 5.41) is 1.27. The van der Waals surface area contributed by atoms with Crippen molar-refractivity contribution in [2.45, 2.75) is 18.5 Å². The number of benzene rings is 5. The molecule has 0 N–H and O–H groups in total. The molecular weight excluding hydrogens is 523 g/mol. The molecule has 2 nitrogen and oxygen atoms in total. The van der Waals surface area contributed by atoms with Gasteiger partial charge in [-0.2, -0.15) is 0 Å². The Morgan fingerprint density at radius 1 is 0.714 bits per heavy atom. The van der Waals surface area contributed by atoms with Crippen LogP contribution >= 0.6 is 0 Å². The van der Waals surface area contributed by atoms with Crippen molar-refractivity contribution in [3.63, 3.8) is 0 Å². The Morgan fingerprint density at radius 2 is 1.24 bits per heavy atom. The average Bonchev–Trinajstić information content (AvgIpc) is 3.62. The molecule has 42 heavy (non-hydrogen) atoms. The van der Waals surface area contributed by atoms with E-state index in [0.717, 1.165) is 6.42 Å². The lowest BCUT2D eigenvalue weighted by Crippen LogP contribution is -2.46. The first-order valence-corrected chi connectivity index (χ1v) is 16.1. The molecule has 0 bridgehead atoms. The maximum Gasteiger partial charge on any atom is 0.130 e. The molecule has 1 heterocycles. The van der Waals surface area contributed by atoms with Gasteiger partial charge in [0.15, 0.2) is 0 Å². The van der Waals surface area contributed by atoms with Crippen molar-refractivity contribution < 1.29 is 0 Å². The summed E-state index contributed by atoms with van der Waals surface area (Å²) in [5.74, 6) is 2.16. The third kappa shape index (κ3) is 6.62. The lowest BCUT2D eigenvalue weighted by Gasteiger charge is -2.37. The zero-order valence-electron chi connectivity index (χ0n) is 24.5. The minimum absolute atomic E-state index is 0.203. The van der Waals surface area contributed by atoms with Crippen LogP contribution in [-0.2, 0) is 11.6 Å². The quantitative estimate of drug-likeness (QED) is 0.197. The fourth-order valence-electron chi connectivity index (χ4n) is 5.66. The first-order chi connectivity index (χ1) is 20.7. The van der Waals surface area contributed by atoms with Gasteiger partial charge in [-0.15, -0.1) is 5.98 Å². The van der Waals surface area contributed by atoms with Gasteiger partial charge in [-0.25, -0.2) is 4.98 Å². The van der Waals surface area contributed by atoms with Crippen molar-refractivity contribution in [3.05, 3.63) is 198 Å². The van der Waals surface area contributed by atoms with Crippen LogP contribution in [0.15, 0.2) is 170 Å². The van der Waals surface area contributed by atoms with Crippen LogP contribution in [0.1, 0.15) is 34.7 Å². The molecule has 4 heteroatoms. The maximum atomic E-state index is 4.40. The van der Waals surface area contributed by atoms with Crippen molar-refractivity contribution in [1.82, 2.24) is 9.55 Å². The molecule has 0 atom stereocenters. The number of aryl methyl sites for hydroxylation is 1. The highest BCUT2D eigenvalue weighted by Crippen LogP contribution is 2.33. The van der Waals surface area contributed by atoms with E-state index < -0.39 is 9.52 Å². The largest absolute Gasteiger partial charge is 0.326 e. The second-order valence-electron chi connectivity index (χ2n) is 10.3. The SMILES string of the molecule is BC=C(c1ccccc1)c1ccccc1.CCc1cccc([SiH2]C(c2ccccc2)(c2ccccc2)n2ccnc2)c1. The Bertz CT molecular complexity index is 1590. The summed E-state index contributed by atoms with van der Waals surface area (Å²) in [7, 11) is 1.30. The second-order valence-corrected chi connectivity index (χ2v) is 12.5. The lowest BCUT2D eigenvalue weighted by molar-refractivity contribution is 0.596. The standard InChI is InChI=1S/C24H24N2Si.C14H13B/c1-2-20-10-9-15-23(18-20)27-24(26-17-16-25-19-26,21-11-5-3-6-12-21)22-13-7-4-8-14-22;15-11-14(12-7-3-1-4-8-12)13-9-5-2-6-10-13/h3-19H,2,27H2,1H3;1-11H,15H2. The molecular formula is C38H37BN2Si. The summed E-state index contributed by atoms with van der Waals surface area (Å²) in [6, 6.07) is 51.8. The van der Waals surface area contributed by atoms with Crippen molar-refractivity contribution in [2.75, 3.05) is 0 Å². The number of hydrogen-bond donors (Lipinski definition) is 0. The summed E-state index contributed by atoms with van der Waals surface area (Å²) in [4.78, 5) is 4.40. The second kappa shape index (κ2) is 14.3. The summed E-state index contributed by atoms with van der Waals surface area (Å²) < 4.78 is 2.31. The molecule has 206 valence electrons. The molecule has 0 fully saturated rings. The molecule has 0 radical (unpaired) electrons. The Labute approximate surface area is 253 Å². The Hall–Kier alpha value is -4.67. The van der Waals surface area contributed by atoms with Crippen LogP contribution in [-0.4, -0.2) is 26.9 Å². The third-order valence-electron chi connectivity index (χ3n) is 7.77. The van der Waals surface area contributed by atoms with E-state index in [1.54, 1.807) is 0 Å². The van der Waals surface area contributed by atoms with Gasteiger partial charge in [0, 0.05) is 12.4 Å². The van der Waals surface area contributed by atoms with E-state index >= 15 is 0 Å². The Balaban J connectivity index is 0.000000199. The Morgan fingerprint density at radius 3 is 1.69 bits per heavy atom. The van der Waals surface area contributed by atoms with Crippen molar-refractivity contribution in [2.24, 2.45) is 0 Å². The highest BCUT2D eigenvalue weighted by Gasteiger charge is 2.36. The average molecular weight is 561 g/mol. The van der Waals surface area contributed by atoms with Crippen LogP contribution in [0.25, 0.3) is 5.57 Å². The predicted octanol–water partition coefficient (Wildman–Crippen LogP) is 6.40. The molecule has 1 aromatic heterocycles. The molecule has 0 amide bonds. The first kappa shape index (κ1) is 28.8. The van der Waals surface area contributed by atoms with Crippen LogP contribution in [0.5, 0.6) is 0 Å². The molecule has 0 aliphatic heterocycles. The maximum absolute atomic E-state index is 4.40. The van der Waals surface area contributed by atoms with Gasteiger partial charge in [0.25, 0.3) is 0 Å². The van der Waals surface area contributed by atoms with Gasteiger partial charge in [0.2, 0.25) is 0 Å². The smallest absolute Gasteiger partial charge is 0.130 e. The molecule has 0 saturated carbocycles. The van der Waals surface area contributed by atoms with Crippen LogP contribution in [0, 0.1) is 0 Å². The van der Waals surface area contributed by atoms with Gasteiger partial charge in [0.1, 0.15) is 7.85 Å². The van der Waals surface area contributed by atoms with E-state index in [1.165, 1.54) is 38.6 Å². The monoisotopic (exact) mass is 560 g/mol. The lowest BCUT2D eigenvalue weighted by atomic mass is 9.92. The van der Waals surface area contributed by atoms with E-state index in [1.807, 2.05) is 24.7 Å². The molecule has 0 saturated heterocycles. The van der Waals surface area contributed by atoms with Crippen molar-refractivity contribution in [3.8, 4) is 0 Å².